The Balaban J connectivity index is 1.23. The van der Waals surface area contributed by atoms with E-state index in [1.54, 1.807) is 23.9 Å². The predicted molar refractivity (Wildman–Crippen MR) is 204 cm³/mol. The van der Waals surface area contributed by atoms with Crippen molar-refractivity contribution in [1.29, 1.82) is 0 Å². The number of nitrogens with one attached hydrogen (secondary N) is 2. The van der Waals surface area contributed by atoms with Crippen LogP contribution in [0.4, 0.5) is 18.9 Å². The number of methoxy groups -OCH3 is 2. The second-order valence-electron chi connectivity index (χ2n) is 12.7. The van der Waals surface area contributed by atoms with E-state index in [4.69, 9.17) is 14.2 Å². The molecule has 0 saturated heterocycles. The van der Waals surface area contributed by atoms with Crippen LogP contribution in [-0.4, -0.2) is 67.0 Å². The minimum atomic E-state index is -4.38. The van der Waals surface area contributed by atoms with Crippen molar-refractivity contribution in [2.24, 2.45) is 7.05 Å². The van der Waals surface area contributed by atoms with Crippen LogP contribution < -0.4 is 19.5 Å². The molecule has 2 aromatic heterocycles. The van der Waals surface area contributed by atoms with Crippen molar-refractivity contribution < 1.29 is 50.5 Å². The number of nitrogens with zero attached hydrogens (tertiary/aromatic N) is 3. The van der Waals surface area contributed by atoms with Crippen LogP contribution >= 0.6 is 0 Å². The maximum absolute atomic E-state index is 15.4. The number of carbonyl (C=O) groups is 2. The summed E-state index contributed by atoms with van der Waals surface area (Å²) in [5.41, 5.74) is 2.41. The zero-order valence-electron chi connectivity index (χ0n) is 31.0. The van der Waals surface area contributed by atoms with Gasteiger partial charge in [0.2, 0.25) is 5.95 Å². The molecule has 57 heavy (non-hydrogen) atoms. The van der Waals surface area contributed by atoms with Crippen molar-refractivity contribution in [1.82, 2.24) is 20.1 Å². The number of aliphatic carboxylic acids is 1. The summed E-state index contributed by atoms with van der Waals surface area (Å²) in [6.07, 6.45) is 2.49. The van der Waals surface area contributed by atoms with Gasteiger partial charge in [0.15, 0.2) is 0 Å². The molecule has 4 aromatic carbocycles. The van der Waals surface area contributed by atoms with Gasteiger partial charge in [-0.05, 0) is 71.6 Å². The van der Waals surface area contributed by atoms with Crippen LogP contribution in [0.25, 0.3) is 33.2 Å². The molecule has 17 heteroatoms. The summed E-state index contributed by atoms with van der Waals surface area (Å²) in [5.74, 6) is -5.49. The Labute approximate surface area is 325 Å². The summed E-state index contributed by atoms with van der Waals surface area (Å²) in [6, 6.07) is 14.6. The molecule has 0 aliphatic heterocycles. The van der Waals surface area contributed by atoms with Crippen LogP contribution in [0.3, 0.4) is 0 Å². The number of aromatic nitrogens is 3. The highest BCUT2D eigenvalue weighted by Gasteiger charge is 2.28. The molecule has 13 nitrogen and oxygen atoms in total. The van der Waals surface area contributed by atoms with Crippen molar-refractivity contribution in [2.75, 3.05) is 25.5 Å². The fraction of sp³-hybridized carbons (Fsp3) is 0.200. The molecule has 0 aliphatic rings. The molecular formula is C40H36F3N5O8S. The molecular weight excluding hydrogens is 768 g/mol. The Morgan fingerprint density at radius 1 is 0.912 bits per heavy atom. The van der Waals surface area contributed by atoms with Gasteiger partial charge in [-0.1, -0.05) is 24.3 Å². The van der Waals surface area contributed by atoms with Crippen molar-refractivity contribution in [3.05, 3.63) is 119 Å². The van der Waals surface area contributed by atoms with Crippen LogP contribution in [0.15, 0.2) is 90.1 Å². The van der Waals surface area contributed by atoms with Gasteiger partial charge in [-0.3, -0.25) is 14.2 Å². The highest BCUT2D eigenvalue weighted by Crippen LogP contribution is 2.43. The fourth-order valence-electron chi connectivity index (χ4n) is 6.38. The lowest BCUT2D eigenvalue weighted by molar-refractivity contribution is -0.139. The molecule has 6 aromatic rings. The first-order chi connectivity index (χ1) is 27.2. The smallest absolute Gasteiger partial charge is 0.326 e. The average molecular weight is 804 g/mol. The normalized spacial score (nSPS) is 12.0. The second kappa shape index (κ2) is 16.7. The Kier molecular flexibility index (Phi) is 11.8. The van der Waals surface area contributed by atoms with Crippen molar-refractivity contribution >= 4 is 38.5 Å². The van der Waals surface area contributed by atoms with Crippen molar-refractivity contribution in [2.45, 2.75) is 30.9 Å². The molecule has 0 bridgehead atoms. The van der Waals surface area contributed by atoms with Gasteiger partial charge in [0.05, 0.1) is 48.7 Å². The fourth-order valence-corrected chi connectivity index (χ4v) is 7.42. The number of fused-ring (bicyclic) bond motifs is 1. The number of pyridine rings is 1. The van der Waals surface area contributed by atoms with E-state index in [9.17, 15) is 27.5 Å². The number of hydrogen-bond acceptors (Lipinski definition) is 9. The summed E-state index contributed by atoms with van der Waals surface area (Å²) in [4.78, 5) is 28.9. The number of anilines is 1. The zero-order valence-corrected chi connectivity index (χ0v) is 31.8. The van der Waals surface area contributed by atoms with Crippen molar-refractivity contribution in [3.63, 3.8) is 0 Å². The maximum Gasteiger partial charge on any atom is 0.326 e. The number of amides is 1. The van der Waals surface area contributed by atoms with E-state index in [0.29, 0.717) is 75.6 Å². The Morgan fingerprint density at radius 3 is 2.18 bits per heavy atom. The minimum absolute atomic E-state index is 0.267. The maximum atomic E-state index is 15.4. The first-order valence-electron chi connectivity index (χ1n) is 17.3. The third-order valence-electron chi connectivity index (χ3n) is 9.07. The lowest BCUT2D eigenvalue weighted by Gasteiger charge is -2.19. The summed E-state index contributed by atoms with van der Waals surface area (Å²) >= 11 is 0. The van der Waals surface area contributed by atoms with Crippen LogP contribution in [-0.2, 0) is 39.6 Å². The van der Waals surface area contributed by atoms with E-state index < -0.39 is 56.8 Å². The van der Waals surface area contributed by atoms with Gasteiger partial charge in [0.25, 0.3) is 15.9 Å². The number of carbonyl (C=O) groups excluding carboxylic acids is 1. The first-order valence-corrected chi connectivity index (χ1v) is 18.8. The van der Waals surface area contributed by atoms with Crippen LogP contribution in [0.5, 0.6) is 11.5 Å². The van der Waals surface area contributed by atoms with Gasteiger partial charge in [-0.15, -0.1) is 0 Å². The molecule has 296 valence electrons. The molecule has 0 saturated carbocycles. The molecule has 1 atom stereocenters. The average Bonchev–Trinajstić information content (AvgIpc) is 3.57. The summed E-state index contributed by atoms with van der Waals surface area (Å²) < 4.78 is 91.1. The SMILES string of the molecule is CCOCc1cc(OC)c(-c2ccc(C[C@H](NC(=O)c3c(F)cc(NS(=O)(=O)c4ccc(-c5ccnc(F)c5)cc4)cc3F)C(=O)O)c3cnn(C)c23)c(OC)c1. The summed E-state index contributed by atoms with van der Waals surface area (Å²) in [6.45, 7) is 2.73. The lowest BCUT2D eigenvalue weighted by atomic mass is 9.94. The monoisotopic (exact) mass is 803 g/mol. The molecule has 6 rings (SSSR count). The third-order valence-corrected chi connectivity index (χ3v) is 10.5. The molecule has 3 N–H and O–H groups in total. The molecule has 0 fully saturated rings. The number of hydrogen-bond donors (Lipinski definition) is 3. The van der Waals surface area contributed by atoms with Gasteiger partial charge in [-0.25, -0.2) is 27.0 Å². The van der Waals surface area contributed by atoms with E-state index in [1.165, 1.54) is 63.0 Å². The van der Waals surface area contributed by atoms with Gasteiger partial charge in [0, 0.05) is 43.3 Å². The van der Waals surface area contributed by atoms with Crippen LogP contribution in [0.2, 0.25) is 0 Å². The Hall–Kier alpha value is -6.46. The predicted octanol–water partition coefficient (Wildman–Crippen LogP) is 6.50. The largest absolute Gasteiger partial charge is 0.496 e. The number of benzene rings is 4. The van der Waals surface area contributed by atoms with E-state index in [-0.39, 0.29) is 11.3 Å². The molecule has 1 amide bonds. The van der Waals surface area contributed by atoms with E-state index in [1.807, 2.05) is 19.1 Å². The Bertz CT molecular complexity index is 2550. The molecule has 0 unspecified atom stereocenters. The van der Waals surface area contributed by atoms with Gasteiger partial charge in [0.1, 0.15) is 34.7 Å². The van der Waals surface area contributed by atoms with Gasteiger partial charge < -0.3 is 24.6 Å². The number of halogens is 3. The first kappa shape index (κ1) is 40.2. The van der Waals surface area contributed by atoms with E-state index in [2.05, 4.69) is 20.1 Å². The number of ether oxygens (including phenoxy) is 3. The second-order valence-corrected chi connectivity index (χ2v) is 14.4. The number of aryl methyl sites for hydroxylation is 1. The highest BCUT2D eigenvalue weighted by molar-refractivity contribution is 7.92. The van der Waals surface area contributed by atoms with E-state index >= 15 is 8.78 Å². The minimum Gasteiger partial charge on any atom is -0.496 e. The summed E-state index contributed by atoms with van der Waals surface area (Å²) in [5, 5.41) is 17.2. The molecule has 0 spiro atoms. The molecule has 0 aliphatic carbocycles. The number of rotatable bonds is 15. The topological polar surface area (TPSA) is 171 Å². The quantitative estimate of drug-likeness (QED) is 0.0974. The van der Waals surface area contributed by atoms with Gasteiger partial charge >= 0.3 is 5.97 Å². The van der Waals surface area contributed by atoms with Gasteiger partial charge in [-0.2, -0.15) is 9.49 Å². The van der Waals surface area contributed by atoms with Crippen LogP contribution in [0.1, 0.15) is 28.4 Å². The molecule has 2 heterocycles. The zero-order chi connectivity index (χ0) is 41.0. The highest BCUT2D eigenvalue weighted by atomic mass is 32.2. The standard InChI is InChI=1S/C40H36F3N5O8S/c1-5-56-21-22-14-33(54-3)36(34(15-22)55-4)28-11-8-25(29-20-45-48(2)38(28)29)16-32(40(50)51)46-39(49)37-30(41)18-26(19-31(37)42)47-57(52,53)27-9-6-23(7-10-27)24-12-13-44-35(43)17-24/h6-15,17-20,32,47H,5,16,21H2,1-4H3,(H,46,49)(H,50,51)/t32-/m0/s1. The van der Waals surface area contributed by atoms with Crippen LogP contribution in [0, 0.1) is 17.6 Å². The Morgan fingerprint density at radius 2 is 1.58 bits per heavy atom. The van der Waals surface area contributed by atoms with Crippen molar-refractivity contribution in [3.8, 4) is 33.8 Å². The molecule has 0 radical (unpaired) electrons. The third kappa shape index (κ3) is 8.53. The van der Waals surface area contributed by atoms with E-state index in [0.717, 1.165) is 5.56 Å². The number of carboxylic acids is 1. The number of sulfonamides is 1. The summed E-state index contributed by atoms with van der Waals surface area (Å²) in [7, 11) is 0.363. The lowest BCUT2D eigenvalue weighted by Crippen LogP contribution is -2.43. The number of carboxylic acid groups (broad SMARTS) is 1.